The van der Waals surface area contributed by atoms with Gasteiger partial charge in [-0.15, -0.1) is 0 Å². The van der Waals surface area contributed by atoms with Crippen LogP contribution in [0, 0.1) is 12.7 Å². The highest BCUT2D eigenvalue weighted by Crippen LogP contribution is 2.32. The molecule has 158 valence electrons. The van der Waals surface area contributed by atoms with E-state index in [1.54, 1.807) is 31.2 Å². The zero-order valence-corrected chi connectivity index (χ0v) is 16.3. The first-order valence-electron chi connectivity index (χ1n) is 9.11. The number of halogens is 4. The Morgan fingerprint density at radius 3 is 2.60 bits per heavy atom. The number of hydrogen-bond acceptors (Lipinski definition) is 3. The minimum Gasteiger partial charge on any atom is -0.489 e. The fourth-order valence-corrected chi connectivity index (χ4v) is 2.94. The van der Waals surface area contributed by atoms with Crippen molar-refractivity contribution in [3.05, 3.63) is 76.9 Å². The molecule has 0 spiro atoms. The first-order chi connectivity index (χ1) is 14.2. The lowest BCUT2D eigenvalue weighted by atomic mass is 10.1. The fraction of sp³-hybridized carbons (Fsp3) is 0.238. The number of rotatable bonds is 6. The predicted octanol–water partition coefficient (Wildman–Crippen LogP) is 5.20. The Labute approximate surface area is 170 Å². The number of ether oxygens (including phenoxy) is 1. The third-order valence-corrected chi connectivity index (χ3v) is 4.39. The largest absolute Gasteiger partial charge is 0.489 e. The number of amides is 1. The van der Waals surface area contributed by atoms with E-state index in [9.17, 15) is 22.4 Å². The lowest BCUT2D eigenvalue weighted by Gasteiger charge is -2.13. The van der Waals surface area contributed by atoms with Crippen LogP contribution in [0.25, 0.3) is 0 Å². The molecule has 0 fully saturated rings. The van der Waals surface area contributed by atoms with Crippen molar-refractivity contribution in [3.8, 4) is 5.75 Å². The van der Waals surface area contributed by atoms with Crippen LogP contribution in [0.1, 0.15) is 34.1 Å². The summed E-state index contributed by atoms with van der Waals surface area (Å²) in [5.41, 5.74) is -0.0463. The number of carbonyl (C=O) groups excluding carboxylic acids is 1. The molecule has 0 radical (unpaired) electrons. The summed E-state index contributed by atoms with van der Waals surface area (Å²) in [5, 5.41) is 6.14. The first kappa shape index (κ1) is 21.4. The van der Waals surface area contributed by atoms with Gasteiger partial charge < -0.3 is 10.1 Å². The van der Waals surface area contributed by atoms with Gasteiger partial charge in [0.2, 0.25) is 0 Å². The second kappa shape index (κ2) is 8.56. The van der Waals surface area contributed by atoms with E-state index in [4.69, 9.17) is 4.74 Å². The van der Waals surface area contributed by atoms with Crippen LogP contribution >= 0.6 is 0 Å². The average Bonchev–Trinajstić information content (AvgIpc) is 3.13. The summed E-state index contributed by atoms with van der Waals surface area (Å²) in [6.07, 6.45) is -3.80. The molecule has 3 aromatic rings. The highest BCUT2D eigenvalue weighted by molar-refractivity contribution is 6.05. The number of aryl methyl sites for hydroxylation is 2. The summed E-state index contributed by atoms with van der Waals surface area (Å²) in [7, 11) is 0. The molecule has 1 aromatic heterocycles. The Bertz CT molecular complexity index is 1060. The maximum Gasteiger partial charge on any atom is 0.433 e. The van der Waals surface area contributed by atoms with Crippen LogP contribution in [0.15, 0.2) is 48.7 Å². The molecular weight excluding hydrogens is 402 g/mol. The van der Waals surface area contributed by atoms with Crippen LogP contribution in [-0.2, 0) is 19.3 Å². The maximum atomic E-state index is 13.3. The lowest BCUT2D eigenvalue weighted by molar-refractivity contribution is -0.144. The number of nitrogens with zero attached hydrogens (tertiary/aromatic N) is 2. The third kappa shape index (κ3) is 4.79. The number of anilines is 1. The Balaban J connectivity index is 1.73. The van der Waals surface area contributed by atoms with Crippen LogP contribution in [-0.4, -0.2) is 15.7 Å². The number of benzene rings is 2. The molecule has 0 saturated heterocycles. The molecule has 0 aliphatic rings. The number of nitrogens with one attached hydrogen (secondary N) is 1. The molecule has 0 unspecified atom stereocenters. The quantitative estimate of drug-likeness (QED) is 0.557. The average molecular weight is 421 g/mol. The minimum absolute atomic E-state index is 0.0154. The molecule has 0 aliphatic heterocycles. The van der Waals surface area contributed by atoms with E-state index in [0.717, 1.165) is 10.9 Å². The van der Waals surface area contributed by atoms with Crippen molar-refractivity contribution in [2.75, 3.05) is 5.32 Å². The highest BCUT2D eigenvalue weighted by atomic mass is 19.4. The van der Waals surface area contributed by atoms with E-state index in [0.29, 0.717) is 22.6 Å². The summed E-state index contributed by atoms with van der Waals surface area (Å²) in [4.78, 5) is 12.5. The zero-order chi connectivity index (χ0) is 21.9. The lowest BCUT2D eigenvalue weighted by Crippen LogP contribution is -2.21. The van der Waals surface area contributed by atoms with Gasteiger partial charge in [-0.1, -0.05) is 12.1 Å². The second-order valence-corrected chi connectivity index (χ2v) is 6.57. The van der Waals surface area contributed by atoms with Crippen molar-refractivity contribution < 1.29 is 27.1 Å². The molecule has 0 atom stereocenters. The summed E-state index contributed by atoms with van der Waals surface area (Å²) in [6.45, 7) is 3.33. The van der Waals surface area contributed by atoms with Crippen molar-refractivity contribution in [1.29, 1.82) is 0 Å². The molecular formula is C21H19F4N3O2. The monoisotopic (exact) mass is 421 g/mol. The predicted molar refractivity (Wildman–Crippen MR) is 103 cm³/mol. The molecule has 0 aliphatic carbocycles. The Kier molecular flexibility index (Phi) is 6.09. The van der Waals surface area contributed by atoms with Crippen molar-refractivity contribution in [2.45, 2.75) is 33.2 Å². The van der Waals surface area contributed by atoms with Gasteiger partial charge in [0.25, 0.3) is 5.91 Å². The van der Waals surface area contributed by atoms with E-state index in [-0.39, 0.29) is 19.0 Å². The van der Waals surface area contributed by atoms with Crippen molar-refractivity contribution in [1.82, 2.24) is 9.78 Å². The molecule has 0 bridgehead atoms. The topological polar surface area (TPSA) is 56.2 Å². The second-order valence-electron chi connectivity index (χ2n) is 6.57. The Hall–Kier alpha value is -3.36. The normalized spacial score (nSPS) is 11.4. The van der Waals surface area contributed by atoms with Gasteiger partial charge >= 0.3 is 6.18 Å². The van der Waals surface area contributed by atoms with Crippen LogP contribution < -0.4 is 10.1 Å². The first-order valence-corrected chi connectivity index (χ1v) is 9.11. The van der Waals surface area contributed by atoms with E-state index in [1.807, 2.05) is 0 Å². The number of alkyl halides is 3. The van der Waals surface area contributed by atoms with Gasteiger partial charge in [-0.3, -0.25) is 9.48 Å². The fourth-order valence-electron chi connectivity index (χ4n) is 2.94. The van der Waals surface area contributed by atoms with Crippen LogP contribution in [0.3, 0.4) is 0 Å². The van der Waals surface area contributed by atoms with Gasteiger partial charge in [-0.05, 0) is 55.3 Å². The van der Waals surface area contributed by atoms with E-state index in [1.165, 1.54) is 25.1 Å². The molecule has 3 rings (SSSR count). The van der Waals surface area contributed by atoms with Crippen molar-refractivity contribution >= 4 is 11.6 Å². The van der Waals surface area contributed by atoms with Gasteiger partial charge in [-0.25, -0.2) is 4.39 Å². The molecule has 30 heavy (non-hydrogen) atoms. The smallest absolute Gasteiger partial charge is 0.433 e. The van der Waals surface area contributed by atoms with Crippen LogP contribution in [0.2, 0.25) is 0 Å². The minimum atomic E-state index is -4.71. The highest BCUT2D eigenvalue weighted by Gasteiger charge is 2.39. The number of aromatic nitrogens is 2. The molecule has 9 heteroatoms. The molecule has 2 aromatic carbocycles. The standard InChI is InChI=1S/C21H19F4N3O2/c1-3-28-19(21(23,24)25)17(11-26-28)20(29)27-18-8-7-16(9-13(18)2)30-12-14-5-4-6-15(22)10-14/h4-11H,3,12H2,1-2H3,(H,27,29). The van der Waals surface area contributed by atoms with Crippen LogP contribution in [0.5, 0.6) is 5.75 Å². The molecule has 1 N–H and O–H groups in total. The number of carbonyl (C=O) groups is 1. The van der Waals surface area contributed by atoms with Gasteiger partial charge in [0.05, 0.1) is 11.8 Å². The van der Waals surface area contributed by atoms with E-state index < -0.39 is 23.3 Å². The van der Waals surface area contributed by atoms with Crippen molar-refractivity contribution in [2.24, 2.45) is 0 Å². The van der Waals surface area contributed by atoms with E-state index in [2.05, 4.69) is 10.4 Å². The number of hydrogen-bond donors (Lipinski definition) is 1. The summed E-state index contributed by atoms with van der Waals surface area (Å²) >= 11 is 0. The third-order valence-electron chi connectivity index (χ3n) is 4.39. The van der Waals surface area contributed by atoms with Gasteiger partial charge in [0.1, 0.15) is 18.2 Å². The maximum absolute atomic E-state index is 13.3. The van der Waals surface area contributed by atoms with Crippen molar-refractivity contribution in [3.63, 3.8) is 0 Å². The summed E-state index contributed by atoms with van der Waals surface area (Å²) in [6, 6.07) is 10.7. The summed E-state index contributed by atoms with van der Waals surface area (Å²) in [5.74, 6) is -0.793. The molecule has 1 amide bonds. The molecule has 1 heterocycles. The summed E-state index contributed by atoms with van der Waals surface area (Å²) < 4.78 is 59.6. The van der Waals surface area contributed by atoms with Gasteiger partial charge in [0, 0.05) is 12.2 Å². The zero-order valence-electron chi connectivity index (χ0n) is 16.3. The molecule has 5 nitrogen and oxygen atoms in total. The van der Waals surface area contributed by atoms with E-state index >= 15 is 0 Å². The Morgan fingerprint density at radius 1 is 1.20 bits per heavy atom. The van der Waals surface area contributed by atoms with Gasteiger partial charge in [-0.2, -0.15) is 18.3 Å². The van der Waals surface area contributed by atoms with Gasteiger partial charge in [0.15, 0.2) is 5.69 Å². The Morgan fingerprint density at radius 2 is 1.97 bits per heavy atom. The molecule has 0 saturated carbocycles. The van der Waals surface area contributed by atoms with Crippen LogP contribution in [0.4, 0.5) is 23.2 Å². The SMILES string of the molecule is CCn1ncc(C(=O)Nc2ccc(OCc3cccc(F)c3)cc2C)c1C(F)(F)F.